The van der Waals surface area contributed by atoms with Gasteiger partial charge >= 0.3 is 0 Å². The molecule has 112 valence electrons. The van der Waals surface area contributed by atoms with Crippen LogP contribution in [0.15, 0.2) is 59.5 Å². The van der Waals surface area contributed by atoms with Crippen LogP contribution in [0.4, 0.5) is 0 Å². The molecule has 2 rings (SSSR count). The van der Waals surface area contributed by atoms with E-state index in [2.05, 4.69) is 0 Å². The summed E-state index contributed by atoms with van der Waals surface area (Å²) >= 11 is 0. The molecule has 0 saturated carbocycles. The average molecular weight is 305 g/mol. The maximum atomic E-state index is 11.5. The molecule has 0 aliphatic heterocycles. The van der Waals surface area contributed by atoms with E-state index in [1.54, 1.807) is 12.1 Å². The summed E-state index contributed by atoms with van der Waals surface area (Å²) < 4.78 is 28.5. The number of aryl methyl sites for hydroxylation is 1. The van der Waals surface area contributed by atoms with Crippen molar-refractivity contribution < 1.29 is 13.2 Å². The fraction of sp³-hybridized carbons (Fsp3) is 0.250. The van der Waals surface area contributed by atoms with Gasteiger partial charge in [-0.3, -0.25) is 0 Å². The molecule has 0 bridgehead atoms. The number of ether oxygens (including phenoxy) is 1. The van der Waals surface area contributed by atoms with Gasteiger partial charge in [0.15, 0.2) is 0 Å². The number of primary sulfonamides is 1. The summed E-state index contributed by atoms with van der Waals surface area (Å²) in [5, 5.41) is 5.20. The monoisotopic (exact) mass is 305 g/mol. The number of hydrogen-bond donors (Lipinski definition) is 1. The maximum Gasteiger partial charge on any atom is 0.238 e. The molecule has 4 nitrogen and oxygen atoms in total. The van der Waals surface area contributed by atoms with Crippen LogP contribution in [0.25, 0.3) is 0 Å². The summed E-state index contributed by atoms with van der Waals surface area (Å²) in [6.07, 6.45) is 1.38. The zero-order valence-electron chi connectivity index (χ0n) is 11.7. The van der Waals surface area contributed by atoms with E-state index in [4.69, 9.17) is 9.88 Å². The Labute approximate surface area is 125 Å². The van der Waals surface area contributed by atoms with Crippen LogP contribution in [0.1, 0.15) is 17.5 Å². The van der Waals surface area contributed by atoms with Gasteiger partial charge in [-0.25, -0.2) is 13.6 Å². The third-order valence-electron chi connectivity index (χ3n) is 3.13. The lowest BCUT2D eigenvalue weighted by atomic mass is 10.1. The van der Waals surface area contributed by atoms with E-state index in [0.29, 0.717) is 19.6 Å². The Hall–Kier alpha value is -1.69. The molecule has 2 aromatic carbocycles. The minimum atomic E-state index is -3.66. The van der Waals surface area contributed by atoms with Crippen molar-refractivity contribution in [2.75, 3.05) is 6.61 Å². The first-order valence-corrected chi connectivity index (χ1v) is 8.34. The number of hydrogen-bond acceptors (Lipinski definition) is 3. The van der Waals surface area contributed by atoms with Crippen molar-refractivity contribution in [2.24, 2.45) is 5.14 Å². The molecule has 0 heterocycles. The third kappa shape index (κ3) is 4.97. The summed E-state index contributed by atoms with van der Waals surface area (Å²) in [6, 6.07) is 16.7. The molecule has 0 unspecified atom stereocenters. The Morgan fingerprint density at radius 1 is 0.952 bits per heavy atom. The Morgan fingerprint density at radius 3 is 2.33 bits per heavy atom. The minimum absolute atomic E-state index is 0.202. The van der Waals surface area contributed by atoms with E-state index >= 15 is 0 Å². The molecule has 0 aliphatic rings. The molecule has 0 atom stereocenters. The summed E-state index contributed by atoms with van der Waals surface area (Å²) in [4.78, 5) is 0.202. The topological polar surface area (TPSA) is 69.4 Å². The van der Waals surface area contributed by atoms with Gasteiger partial charge < -0.3 is 4.74 Å². The molecule has 2 N–H and O–H groups in total. The molecule has 0 spiro atoms. The van der Waals surface area contributed by atoms with E-state index < -0.39 is 10.0 Å². The lowest BCUT2D eigenvalue weighted by Gasteiger charge is -2.08. The first-order chi connectivity index (χ1) is 10.1. The summed E-state index contributed by atoms with van der Waals surface area (Å²) in [7, 11) is -3.66. The van der Waals surface area contributed by atoms with E-state index in [1.165, 1.54) is 6.07 Å². The summed E-state index contributed by atoms with van der Waals surface area (Å²) in [6.45, 7) is 1.14. The van der Waals surface area contributed by atoms with Crippen molar-refractivity contribution in [3.05, 3.63) is 65.7 Å². The fourth-order valence-corrected chi connectivity index (χ4v) is 2.92. The highest BCUT2D eigenvalue weighted by atomic mass is 32.2. The van der Waals surface area contributed by atoms with Crippen LogP contribution in [-0.4, -0.2) is 15.0 Å². The van der Waals surface area contributed by atoms with Crippen molar-refractivity contribution in [2.45, 2.75) is 24.3 Å². The molecule has 5 heteroatoms. The predicted molar refractivity (Wildman–Crippen MR) is 82.2 cm³/mol. The quantitative estimate of drug-likeness (QED) is 0.799. The lowest BCUT2D eigenvalue weighted by Crippen LogP contribution is -2.14. The molecule has 0 aliphatic carbocycles. The SMILES string of the molecule is NS(=O)(=O)c1ccccc1CCCOCc1ccccc1. The number of benzene rings is 2. The standard InChI is InChI=1S/C16H19NO3S/c17-21(18,19)16-11-5-4-9-15(16)10-6-12-20-13-14-7-2-1-3-8-14/h1-5,7-9,11H,6,10,12-13H2,(H2,17,18,19). The van der Waals surface area contributed by atoms with E-state index in [0.717, 1.165) is 17.5 Å². The van der Waals surface area contributed by atoms with Crippen LogP contribution < -0.4 is 5.14 Å². The molecular weight excluding hydrogens is 286 g/mol. The van der Waals surface area contributed by atoms with Crippen molar-refractivity contribution >= 4 is 10.0 Å². The lowest BCUT2D eigenvalue weighted by molar-refractivity contribution is 0.118. The second kappa shape index (κ2) is 7.36. The highest BCUT2D eigenvalue weighted by molar-refractivity contribution is 7.89. The van der Waals surface area contributed by atoms with Gasteiger partial charge in [-0.1, -0.05) is 48.5 Å². The van der Waals surface area contributed by atoms with Crippen molar-refractivity contribution in [3.8, 4) is 0 Å². The summed E-state index contributed by atoms with van der Waals surface area (Å²) in [5.41, 5.74) is 1.87. The molecule has 2 aromatic rings. The van der Waals surface area contributed by atoms with Crippen LogP contribution in [0.5, 0.6) is 0 Å². The van der Waals surface area contributed by atoms with Crippen molar-refractivity contribution in [1.29, 1.82) is 0 Å². The molecule has 0 saturated heterocycles. The first-order valence-electron chi connectivity index (χ1n) is 6.80. The fourth-order valence-electron chi connectivity index (χ4n) is 2.12. The Balaban J connectivity index is 1.82. The minimum Gasteiger partial charge on any atom is -0.377 e. The van der Waals surface area contributed by atoms with E-state index in [9.17, 15) is 8.42 Å². The van der Waals surface area contributed by atoms with Gasteiger partial charge in [0.2, 0.25) is 10.0 Å². The van der Waals surface area contributed by atoms with Gasteiger partial charge in [0.25, 0.3) is 0 Å². The average Bonchev–Trinajstić information content (AvgIpc) is 2.47. The number of sulfonamides is 1. The Morgan fingerprint density at radius 2 is 1.62 bits per heavy atom. The Bertz CT molecular complexity index is 669. The zero-order valence-corrected chi connectivity index (χ0v) is 12.6. The smallest absolute Gasteiger partial charge is 0.238 e. The zero-order chi connectivity index (χ0) is 15.1. The molecule has 21 heavy (non-hydrogen) atoms. The highest BCUT2D eigenvalue weighted by Gasteiger charge is 2.12. The van der Waals surface area contributed by atoms with E-state index in [1.807, 2.05) is 36.4 Å². The molecule has 0 amide bonds. The largest absolute Gasteiger partial charge is 0.377 e. The van der Waals surface area contributed by atoms with Crippen molar-refractivity contribution in [1.82, 2.24) is 0 Å². The van der Waals surface area contributed by atoms with Crippen molar-refractivity contribution in [3.63, 3.8) is 0 Å². The normalized spacial score (nSPS) is 11.5. The number of nitrogens with two attached hydrogens (primary N) is 1. The van der Waals surface area contributed by atoms with Crippen LogP contribution in [0, 0.1) is 0 Å². The van der Waals surface area contributed by atoms with Gasteiger partial charge in [0, 0.05) is 6.61 Å². The maximum absolute atomic E-state index is 11.5. The van der Waals surface area contributed by atoms with Gasteiger partial charge in [-0.05, 0) is 30.0 Å². The predicted octanol–water partition coefficient (Wildman–Crippen LogP) is 2.48. The van der Waals surface area contributed by atoms with Gasteiger partial charge in [-0.15, -0.1) is 0 Å². The second-order valence-corrected chi connectivity index (χ2v) is 6.32. The van der Waals surface area contributed by atoms with Gasteiger partial charge in [-0.2, -0.15) is 0 Å². The van der Waals surface area contributed by atoms with Crippen LogP contribution in [-0.2, 0) is 27.8 Å². The number of rotatable bonds is 7. The first kappa shape index (κ1) is 15.7. The molecular formula is C16H19NO3S. The Kier molecular flexibility index (Phi) is 5.50. The third-order valence-corrected chi connectivity index (χ3v) is 4.14. The van der Waals surface area contributed by atoms with Crippen LogP contribution in [0.2, 0.25) is 0 Å². The summed E-state index contributed by atoms with van der Waals surface area (Å²) in [5.74, 6) is 0. The molecule has 0 fully saturated rings. The van der Waals surface area contributed by atoms with E-state index in [-0.39, 0.29) is 4.90 Å². The molecule has 0 radical (unpaired) electrons. The van der Waals surface area contributed by atoms with Crippen LogP contribution in [0.3, 0.4) is 0 Å². The van der Waals surface area contributed by atoms with Gasteiger partial charge in [0.1, 0.15) is 0 Å². The van der Waals surface area contributed by atoms with Gasteiger partial charge in [0.05, 0.1) is 11.5 Å². The second-order valence-electron chi connectivity index (χ2n) is 4.79. The highest BCUT2D eigenvalue weighted by Crippen LogP contribution is 2.15. The van der Waals surface area contributed by atoms with Crippen LogP contribution >= 0.6 is 0 Å². The molecule has 0 aromatic heterocycles.